The molecule has 1 saturated heterocycles. The van der Waals surface area contributed by atoms with E-state index in [4.69, 9.17) is 0 Å². The van der Waals surface area contributed by atoms with Crippen LogP contribution in [0.5, 0.6) is 0 Å². The van der Waals surface area contributed by atoms with Crippen molar-refractivity contribution in [2.45, 2.75) is 38.9 Å². The standard InChI is InChI=1S/C14H17FN2O2/c1-3-12-14(19)17(9(2)13(18)16-12)8-10-4-6-11(15)7-5-10/h4-7,9,12H,3,8H2,1-2H3,(H,16,18). The van der Waals surface area contributed by atoms with Gasteiger partial charge in [-0.25, -0.2) is 4.39 Å². The summed E-state index contributed by atoms with van der Waals surface area (Å²) in [7, 11) is 0. The Kier molecular flexibility index (Phi) is 3.83. The number of hydrogen-bond acceptors (Lipinski definition) is 2. The van der Waals surface area contributed by atoms with Crippen LogP contribution in [0, 0.1) is 5.82 Å². The van der Waals surface area contributed by atoms with E-state index in [9.17, 15) is 14.0 Å². The molecule has 4 nitrogen and oxygen atoms in total. The van der Waals surface area contributed by atoms with Gasteiger partial charge in [0.05, 0.1) is 0 Å². The van der Waals surface area contributed by atoms with Crippen LogP contribution in [0.1, 0.15) is 25.8 Å². The molecule has 19 heavy (non-hydrogen) atoms. The monoisotopic (exact) mass is 264 g/mol. The number of benzene rings is 1. The first kappa shape index (κ1) is 13.5. The van der Waals surface area contributed by atoms with Crippen LogP contribution in [0.25, 0.3) is 0 Å². The van der Waals surface area contributed by atoms with E-state index in [-0.39, 0.29) is 17.6 Å². The lowest BCUT2D eigenvalue weighted by atomic mass is 10.0. The van der Waals surface area contributed by atoms with Gasteiger partial charge in [0.2, 0.25) is 11.8 Å². The normalized spacial score (nSPS) is 23.4. The lowest BCUT2D eigenvalue weighted by Crippen LogP contribution is -2.61. The molecule has 1 N–H and O–H groups in total. The Labute approximate surface area is 111 Å². The average molecular weight is 264 g/mol. The van der Waals surface area contributed by atoms with Crippen LogP contribution in [0.4, 0.5) is 4.39 Å². The topological polar surface area (TPSA) is 49.4 Å². The molecule has 0 bridgehead atoms. The van der Waals surface area contributed by atoms with E-state index in [1.165, 1.54) is 12.1 Å². The van der Waals surface area contributed by atoms with E-state index in [0.717, 1.165) is 5.56 Å². The lowest BCUT2D eigenvalue weighted by molar-refractivity contribution is -0.149. The summed E-state index contributed by atoms with van der Waals surface area (Å²) in [6, 6.07) is 5.01. The highest BCUT2D eigenvalue weighted by atomic mass is 19.1. The maximum Gasteiger partial charge on any atom is 0.246 e. The van der Waals surface area contributed by atoms with Crippen LogP contribution in [0.3, 0.4) is 0 Å². The van der Waals surface area contributed by atoms with Crippen molar-refractivity contribution in [3.63, 3.8) is 0 Å². The minimum Gasteiger partial charge on any atom is -0.343 e. The Bertz CT molecular complexity index is 487. The van der Waals surface area contributed by atoms with Crippen molar-refractivity contribution in [3.05, 3.63) is 35.6 Å². The number of halogens is 1. The van der Waals surface area contributed by atoms with E-state index in [1.807, 2.05) is 6.92 Å². The van der Waals surface area contributed by atoms with Gasteiger partial charge in [-0.2, -0.15) is 0 Å². The predicted molar refractivity (Wildman–Crippen MR) is 68.6 cm³/mol. The van der Waals surface area contributed by atoms with Crippen molar-refractivity contribution in [3.8, 4) is 0 Å². The van der Waals surface area contributed by atoms with Gasteiger partial charge in [-0.1, -0.05) is 19.1 Å². The molecule has 1 heterocycles. The van der Waals surface area contributed by atoms with Gasteiger partial charge in [0, 0.05) is 6.54 Å². The van der Waals surface area contributed by atoms with Crippen molar-refractivity contribution in [1.29, 1.82) is 0 Å². The van der Waals surface area contributed by atoms with Crippen molar-refractivity contribution in [2.24, 2.45) is 0 Å². The third-order valence-corrected chi connectivity index (χ3v) is 3.42. The molecule has 1 aliphatic rings. The highest BCUT2D eigenvalue weighted by Crippen LogP contribution is 2.16. The summed E-state index contributed by atoms with van der Waals surface area (Å²) >= 11 is 0. The van der Waals surface area contributed by atoms with Crippen LogP contribution in [-0.2, 0) is 16.1 Å². The molecule has 102 valence electrons. The Morgan fingerprint density at radius 1 is 1.26 bits per heavy atom. The smallest absolute Gasteiger partial charge is 0.246 e. The summed E-state index contributed by atoms with van der Waals surface area (Å²) < 4.78 is 12.9. The summed E-state index contributed by atoms with van der Waals surface area (Å²) in [5, 5.41) is 2.70. The molecule has 1 aromatic carbocycles. The maximum absolute atomic E-state index is 12.9. The molecule has 1 aromatic rings. The predicted octanol–water partition coefficient (Wildman–Crippen LogP) is 1.45. The van der Waals surface area contributed by atoms with E-state index in [2.05, 4.69) is 5.32 Å². The fraction of sp³-hybridized carbons (Fsp3) is 0.429. The summed E-state index contributed by atoms with van der Waals surface area (Å²) in [6.45, 7) is 3.88. The van der Waals surface area contributed by atoms with E-state index < -0.39 is 12.1 Å². The molecule has 0 radical (unpaired) electrons. The molecule has 1 fully saturated rings. The molecule has 2 amide bonds. The molecule has 5 heteroatoms. The van der Waals surface area contributed by atoms with Crippen LogP contribution in [-0.4, -0.2) is 28.8 Å². The number of carbonyl (C=O) groups excluding carboxylic acids is 2. The second-order valence-corrected chi connectivity index (χ2v) is 4.74. The molecule has 2 unspecified atom stereocenters. The van der Waals surface area contributed by atoms with Crippen LogP contribution in [0.15, 0.2) is 24.3 Å². The lowest BCUT2D eigenvalue weighted by Gasteiger charge is -2.37. The third kappa shape index (κ3) is 2.75. The molecule has 0 spiro atoms. The summed E-state index contributed by atoms with van der Waals surface area (Å²) in [4.78, 5) is 25.6. The first-order valence-electron chi connectivity index (χ1n) is 6.38. The average Bonchev–Trinajstić information content (AvgIpc) is 2.41. The fourth-order valence-electron chi connectivity index (χ4n) is 2.16. The van der Waals surface area contributed by atoms with Gasteiger partial charge in [-0.3, -0.25) is 9.59 Å². The van der Waals surface area contributed by atoms with Gasteiger partial charge in [0.1, 0.15) is 17.9 Å². The van der Waals surface area contributed by atoms with Crippen molar-refractivity contribution in [2.75, 3.05) is 0 Å². The van der Waals surface area contributed by atoms with Crippen molar-refractivity contribution >= 4 is 11.8 Å². The van der Waals surface area contributed by atoms with Crippen molar-refractivity contribution < 1.29 is 14.0 Å². The second kappa shape index (κ2) is 5.38. The largest absolute Gasteiger partial charge is 0.343 e. The number of rotatable bonds is 3. The minimum atomic E-state index is -0.500. The number of piperazine rings is 1. The van der Waals surface area contributed by atoms with Gasteiger partial charge < -0.3 is 10.2 Å². The van der Waals surface area contributed by atoms with E-state index >= 15 is 0 Å². The Hall–Kier alpha value is -1.91. The molecule has 1 aliphatic heterocycles. The first-order chi connectivity index (χ1) is 9.02. The van der Waals surface area contributed by atoms with Gasteiger partial charge in [-0.15, -0.1) is 0 Å². The Morgan fingerprint density at radius 3 is 2.47 bits per heavy atom. The molecule has 0 aliphatic carbocycles. The quantitative estimate of drug-likeness (QED) is 0.898. The van der Waals surface area contributed by atoms with E-state index in [1.54, 1.807) is 24.0 Å². The molecule has 2 atom stereocenters. The molecule has 2 rings (SSSR count). The highest BCUT2D eigenvalue weighted by Gasteiger charge is 2.36. The molecule has 0 saturated carbocycles. The number of hydrogen-bond donors (Lipinski definition) is 1. The highest BCUT2D eigenvalue weighted by molar-refractivity contribution is 5.96. The summed E-state index contributed by atoms with van der Waals surface area (Å²) in [5.74, 6) is -0.543. The van der Waals surface area contributed by atoms with E-state index in [0.29, 0.717) is 13.0 Å². The fourth-order valence-corrected chi connectivity index (χ4v) is 2.16. The molecular formula is C14H17FN2O2. The van der Waals surface area contributed by atoms with Crippen molar-refractivity contribution in [1.82, 2.24) is 10.2 Å². The van der Waals surface area contributed by atoms with Crippen LogP contribution in [0.2, 0.25) is 0 Å². The zero-order chi connectivity index (χ0) is 14.0. The minimum absolute atomic E-state index is 0.0843. The Balaban J connectivity index is 2.18. The molecule has 0 aromatic heterocycles. The summed E-state index contributed by atoms with van der Waals surface area (Å²) in [6.07, 6.45) is 0.567. The number of carbonyl (C=O) groups is 2. The van der Waals surface area contributed by atoms with Crippen LogP contribution < -0.4 is 5.32 Å². The second-order valence-electron chi connectivity index (χ2n) is 4.74. The Morgan fingerprint density at radius 2 is 1.89 bits per heavy atom. The number of nitrogens with zero attached hydrogens (tertiary/aromatic N) is 1. The zero-order valence-electron chi connectivity index (χ0n) is 11.0. The first-order valence-corrected chi connectivity index (χ1v) is 6.38. The van der Waals surface area contributed by atoms with Gasteiger partial charge in [-0.05, 0) is 31.0 Å². The van der Waals surface area contributed by atoms with Gasteiger partial charge in [0.15, 0.2) is 0 Å². The van der Waals surface area contributed by atoms with Crippen LogP contribution >= 0.6 is 0 Å². The number of amides is 2. The van der Waals surface area contributed by atoms with Gasteiger partial charge in [0.25, 0.3) is 0 Å². The van der Waals surface area contributed by atoms with Gasteiger partial charge >= 0.3 is 0 Å². The molecular weight excluding hydrogens is 247 g/mol. The number of nitrogens with one attached hydrogen (secondary N) is 1. The third-order valence-electron chi connectivity index (χ3n) is 3.42. The zero-order valence-corrected chi connectivity index (χ0v) is 11.0. The summed E-state index contributed by atoms with van der Waals surface area (Å²) in [5.41, 5.74) is 0.811. The maximum atomic E-state index is 12.9. The SMILES string of the molecule is CCC1NC(=O)C(C)N(Cc2ccc(F)cc2)C1=O.